The molecule has 6 nitrogen and oxygen atoms in total. The van der Waals surface area contributed by atoms with Crippen molar-refractivity contribution in [3.8, 4) is 11.4 Å². The second-order valence-electron chi connectivity index (χ2n) is 3.48. The lowest BCUT2D eigenvalue weighted by molar-refractivity contribution is 0.347. The Hall–Kier alpha value is -2.28. The van der Waals surface area contributed by atoms with Gasteiger partial charge in [0, 0.05) is 12.1 Å². The van der Waals surface area contributed by atoms with Crippen molar-refractivity contribution >= 4 is 0 Å². The van der Waals surface area contributed by atoms with Crippen molar-refractivity contribution in [2.24, 2.45) is 5.73 Å². The van der Waals surface area contributed by atoms with Gasteiger partial charge in [-0.3, -0.25) is 0 Å². The highest BCUT2D eigenvalue weighted by Crippen LogP contribution is 2.14. The van der Waals surface area contributed by atoms with Gasteiger partial charge in [-0.05, 0) is 29.5 Å². The number of hydrogen-bond donors (Lipinski definition) is 1. The summed E-state index contributed by atoms with van der Waals surface area (Å²) in [6, 6.07) is 7.03. The van der Waals surface area contributed by atoms with Crippen LogP contribution in [-0.4, -0.2) is 33.4 Å². The van der Waals surface area contributed by atoms with Crippen molar-refractivity contribution in [3.05, 3.63) is 42.5 Å². The number of aromatic nitrogens is 4. The van der Waals surface area contributed by atoms with Gasteiger partial charge in [-0.15, -0.1) is 15.0 Å². The van der Waals surface area contributed by atoms with Gasteiger partial charge in [0.2, 0.25) is 0 Å². The molecule has 0 atom stereocenters. The summed E-state index contributed by atoms with van der Waals surface area (Å²) in [6.45, 7) is 0.269. The van der Waals surface area contributed by atoms with Crippen LogP contribution in [0.5, 0.6) is 5.75 Å². The number of nitrogens with two attached hydrogens (primary N) is 1. The predicted molar refractivity (Wildman–Crippen MR) is 62.9 cm³/mol. The highest BCUT2D eigenvalue weighted by atomic mass is 19.1. The molecule has 0 fully saturated rings. The van der Waals surface area contributed by atoms with E-state index in [1.807, 2.05) is 0 Å². The van der Waals surface area contributed by atoms with Gasteiger partial charge in [0.05, 0.1) is 12.0 Å². The van der Waals surface area contributed by atoms with E-state index < -0.39 is 0 Å². The van der Waals surface area contributed by atoms with Crippen molar-refractivity contribution < 1.29 is 9.13 Å². The molecule has 0 aliphatic rings. The Morgan fingerprint density at radius 3 is 2.72 bits per heavy atom. The van der Waals surface area contributed by atoms with E-state index in [4.69, 9.17) is 10.5 Å². The first-order valence-corrected chi connectivity index (χ1v) is 5.28. The van der Waals surface area contributed by atoms with E-state index in [0.29, 0.717) is 17.7 Å². The van der Waals surface area contributed by atoms with Crippen molar-refractivity contribution in [1.29, 1.82) is 0 Å². The highest BCUT2D eigenvalue weighted by molar-refractivity contribution is 5.35. The maximum Gasteiger partial charge on any atom is 0.162 e. The van der Waals surface area contributed by atoms with Crippen LogP contribution in [0.25, 0.3) is 5.69 Å². The molecule has 0 radical (unpaired) electrons. The summed E-state index contributed by atoms with van der Waals surface area (Å²) in [5.41, 5.74) is 6.48. The Labute approximate surface area is 103 Å². The van der Waals surface area contributed by atoms with Crippen LogP contribution in [0.2, 0.25) is 0 Å². The van der Waals surface area contributed by atoms with Gasteiger partial charge >= 0.3 is 0 Å². The van der Waals surface area contributed by atoms with E-state index in [1.54, 1.807) is 24.3 Å². The summed E-state index contributed by atoms with van der Waals surface area (Å²) >= 11 is 0. The summed E-state index contributed by atoms with van der Waals surface area (Å²) in [6.07, 6.45) is 1.82. The zero-order valence-corrected chi connectivity index (χ0v) is 9.53. The van der Waals surface area contributed by atoms with Crippen molar-refractivity contribution in [2.75, 3.05) is 13.2 Å². The number of benzene rings is 1. The van der Waals surface area contributed by atoms with Crippen LogP contribution in [0.1, 0.15) is 0 Å². The molecule has 0 aliphatic carbocycles. The summed E-state index contributed by atoms with van der Waals surface area (Å²) in [5.74, 6) is 0.617. The molecule has 0 bridgehead atoms. The molecule has 0 amide bonds. The Morgan fingerprint density at radius 1 is 1.39 bits per heavy atom. The molecule has 94 valence electrons. The summed E-state index contributed by atoms with van der Waals surface area (Å²) in [4.78, 5) is 1.39. The summed E-state index contributed by atoms with van der Waals surface area (Å²) in [5, 5.41) is 11.3. The molecule has 2 aromatic rings. The largest absolute Gasteiger partial charge is 0.489 e. The van der Waals surface area contributed by atoms with E-state index >= 15 is 0 Å². The zero-order valence-electron chi connectivity index (χ0n) is 9.53. The first-order chi connectivity index (χ1) is 8.83. The third-order valence-electron chi connectivity index (χ3n) is 2.26. The van der Waals surface area contributed by atoms with Crippen LogP contribution in [0.15, 0.2) is 42.5 Å². The molecule has 1 aromatic carbocycles. The number of halogens is 1. The van der Waals surface area contributed by atoms with Crippen molar-refractivity contribution in [1.82, 2.24) is 20.2 Å². The van der Waals surface area contributed by atoms with E-state index in [-0.39, 0.29) is 13.2 Å². The Bertz CT molecular complexity index is 509. The monoisotopic (exact) mass is 249 g/mol. The van der Waals surface area contributed by atoms with Gasteiger partial charge in [-0.1, -0.05) is 0 Å². The molecule has 0 aliphatic heterocycles. The predicted octanol–water partition coefficient (Wildman–Crippen LogP) is 0.853. The second kappa shape index (κ2) is 5.87. The van der Waals surface area contributed by atoms with Gasteiger partial charge in [0.1, 0.15) is 12.4 Å². The van der Waals surface area contributed by atoms with Crippen LogP contribution in [0.3, 0.4) is 0 Å². The van der Waals surface area contributed by atoms with Gasteiger partial charge in [0.25, 0.3) is 0 Å². The first-order valence-electron chi connectivity index (χ1n) is 5.28. The average molecular weight is 249 g/mol. The minimum atomic E-state index is 0.133. The molecular formula is C11H12FN5O. The molecule has 1 heterocycles. The number of ether oxygens (including phenoxy) is 1. The molecule has 0 unspecified atom stereocenters. The van der Waals surface area contributed by atoms with Crippen LogP contribution in [0, 0.1) is 0 Å². The number of tetrazole rings is 1. The van der Waals surface area contributed by atoms with E-state index in [9.17, 15) is 4.39 Å². The maximum absolute atomic E-state index is 12.3. The van der Waals surface area contributed by atoms with Gasteiger partial charge in [-0.2, -0.15) is 0 Å². The lowest BCUT2D eigenvalue weighted by Crippen LogP contribution is -2.10. The molecular weight excluding hydrogens is 237 g/mol. The fourth-order valence-electron chi connectivity index (χ4n) is 1.27. The smallest absolute Gasteiger partial charge is 0.162 e. The number of nitrogens with zero attached hydrogens (tertiary/aromatic N) is 4. The Balaban J connectivity index is 2.00. The number of rotatable bonds is 5. The minimum Gasteiger partial charge on any atom is -0.489 e. The Kier molecular flexibility index (Phi) is 3.98. The molecule has 7 heteroatoms. The first kappa shape index (κ1) is 12.2. The molecule has 1 aromatic heterocycles. The van der Waals surface area contributed by atoms with Gasteiger partial charge in [0.15, 0.2) is 6.33 Å². The normalized spacial score (nSPS) is 11.6. The summed E-state index contributed by atoms with van der Waals surface area (Å²) in [7, 11) is 0. The van der Waals surface area contributed by atoms with Crippen molar-refractivity contribution in [3.63, 3.8) is 0 Å². The highest BCUT2D eigenvalue weighted by Gasteiger charge is 2.01. The van der Waals surface area contributed by atoms with Crippen LogP contribution in [0.4, 0.5) is 4.39 Å². The van der Waals surface area contributed by atoms with E-state index in [0.717, 1.165) is 5.69 Å². The van der Waals surface area contributed by atoms with Gasteiger partial charge in [-0.25, -0.2) is 4.39 Å². The fourth-order valence-corrected chi connectivity index (χ4v) is 1.27. The molecule has 2 N–H and O–H groups in total. The lowest BCUT2D eigenvalue weighted by Gasteiger charge is -2.07. The SMILES string of the molecule is NC/C(=C/F)COc1ccc(-n2ncnn2)cc1. The van der Waals surface area contributed by atoms with Crippen LogP contribution < -0.4 is 10.5 Å². The Morgan fingerprint density at radius 2 is 2.17 bits per heavy atom. The third-order valence-corrected chi connectivity index (χ3v) is 2.26. The molecule has 0 spiro atoms. The summed E-state index contributed by atoms with van der Waals surface area (Å²) < 4.78 is 17.6. The molecule has 2 rings (SSSR count). The van der Waals surface area contributed by atoms with Gasteiger partial charge < -0.3 is 10.5 Å². The van der Waals surface area contributed by atoms with E-state index in [1.165, 1.54) is 11.1 Å². The molecule has 18 heavy (non-hydrogen) atoms. The van der Waals surface area contributed by atoms with E-state index in [2.05, 4.69) is 15.4 Å². The maximum atomic E-state index is 12.3. The quantitative estimate of drug-likeness (QED) is 0.850. The standard InChI is InChI=1S/C11H12FN5O/c12-5-9(6-13)7-18-11-3-1-10(2-4-11)17-15-8-14-16-17/h1-5,8H,6-7,13H2/b9-5-. The average Bonchev–Trinajstić information content (AvgIpc) is 2.94. The van der Waals surface area contributed by atoms with Crippen LogP contribution in [-0.2, 0) is 0 Å². The lowest BCUT2D eigenvalue weighted by atomic mass is 10.3. The van der Waals surface area contributed by atoms with Crippen molar-refractivity contribution in [2.45, 2.75) is 0 Å². The minimum absolute atomic E-state index is 0.133. The second-order valence-corrected chi connectivity index (χ2v) is 3.48. The zero-order chi connectivity index (χ0) is 12.8. The molecule has 0 saturated carbocycles. The topological polar surface area (TPSA) is 78.9 Å². The van der Waals surface area contributed by atoms with Crippen LogP contribution >= 0.6 is 0 Å². The fraction of sp³-hybridized carbons (Fsp3) is 0.182. The molecule has 0 saturated heterocycles. The number of hydrogen-bond acceptors (Lipinski definition) is 5. The third kappa shape index (κ3) is 2.89.